The van der Waals surface area contributed by atoms with Gasteiger partial charge < -0.3 is 14.5 Å². The van der Waals surface area contributed by atoms with Gasteiger partial charge in [0.15, 0.2) is 0 Å². The van der Waals surface area contributed by atoms with Gasteiger partial charge in [-0.15, -0.1) is 0 Å². The standard InChI is InChI=1S/C72H66N4O/c1-70(2,3)53-35-30-48(31-36-53)52-34-41-64-61(42-52)60-40-39-57(44-67(60)76(64)68-45-63(72(7,8)9)62(46-73-68)50-22-14-11-15-23-50)77-56-25-18-24-55(43-56)74-47-75(66-29-17-16-28-65(66)74)69-58(49-20-12-10-13-21-49)26-19-27-59(69)51-32-37-54(38-33-51)71(4,5)6/h10-46H,47H2,1-9H3/i18D,24D,25D. The fourth-order valence-corrected chi connectivity index (χ4v) is 11.0. The first kappa shape index (κ1) is 45.7. The van der Waals surface area contributed by atoms with E-state index in [9.17, 15) is 4.11 Å². The lowest BCUT2D eigenvalue weighted by Crippen LogP contribution is -2.25. The van der Waals surface area contributed by atoms with Crippen LogP contribution in [0.4, 0.5) is 22.7 Å². The van der Waals surface area contributed by atoms with Crippen LogP contribution in [0.3, 0.4) is 0 Å². The van der Waals surface area contributed by atoms with Crippen LogP contribution in [0, 0.1) is 0 Å². The van der Waals surface area contributed by atoms with Crippen molar-refractivity contribution in [3.63, 3.8) is 0 Å². The normalized spacial score (nSPS) is 13.4. The highest BCUT2D eigenvalue weighted by Crippen LogP contribution is 2.51. The summed E-state index contributed by atoms with van der Waals surface area (Å²) < 4.78 is 37.3. The third-order valence-electron chi connectivity index (χ3n) is 15.2. The van der Waals surface area contributed by atoms with E-state index in [0.717, 1.165) is 89.2 Å². The Morgan fingerprint density at radius 1 is 0.442 bits per heavy atom. The third kappa shape index (κ3) is 9.35. The number of benzene rings is 9. The Labute approximate surface area is 458 Å². The summed E-state index contributed by atoms with van der Waals surface area (Å²) in [6, 6.07) is 69.8. The Hall–Kier alpha value is -8.67. The molecule has 3 heterocycles. The summed E-state index contributed by atoms with van der Waals surface area (Å²) in [5.74, 6) is 1.46. The van der Waals surface area contributed by atoms with E-state index in [0.29, 0.717) is 18.1 Å². The highest BCUT2D eigenvalue weighted by Gasteiger charge is 2.32. The second kappa shape index (κ2) is 19.2. The molecule has 0 aliphatic carbocycles. The van der Waals surface area contributed by atoms with Gasteiger partial charge in [0.05, 0.1) is 32.2 Å². The van der Waals surface area contributed by atoms with Crippen LogP contribution in [-0.2, 0) is 16.2 Å². The van der Waals surface area contributed by atoms with Crippen LogP contribution in [0.15, 0.2) is 225 Å². The molecule has 0 N–H and O–H groups in total. The maximum absolute atomic E-state index is 9.52. The smallest absolute Gasteiger partial charge is 0.137 e. The Kier molecular flexibility index (Phi) is 11.4. The van der Waals surface area contributed by atoms with Crippen LogP contribution in [0.2, 0.25) is 0 Å². The molecule has 380 valence electrons. The monoisotopic (exact) mass is 1010 g/mol. The predicted molar refractivity (Wildman–Crippen MR) is 325 cm³/mol. The van der Waals surface area contributed by atoms with Crippen molar-refractivity contribution in [3.8, 4) is 61.8 Å². The van der Waals surface area contributed by atoms with E-state index in [1.165, 1.54) is 16.7 Å². The van der Waals surface area contributed by atoms with Gasteiger partial charge in [-0.25, -0.2) is 4.98 Å². The molecular weight excluding hydrogens is 937 g/mol. The average Bonchev–Trinajstić information content (AvgIpc) is 4.19. The number of fused-ring (bicyclic) bond motifs is 4. The zero-order chi connectivity index (χ0) is 55.8. The van der Waals surface area contributed by atoms with Crippen molar-refractivity contribution in [2.75, 3.05) is 16.5 Å². The molecule has 1 aliphatic heterocycles. The van der Waals surface area contributed by atoms with Crippen molar-refractivity contribution in [2.45, 2.75) is 78.6 Å². The van der Waals surface area contributed by atoms with Crippen LogP contribution in [0.1, 0.15) is 83.1 Å². The summed E-state index contributed by atoms with van der Waals surface area (Å²) in [6.07, 6.45) is 2.00. The number of hydrogen-bond acceptors (Lipinski definition) is 4. The molecule has 11 aromatic rings. The molecule has 5 nitrogen and oxygen atoms in total. The first-order valence-electron chi connectivity index (χ1n) is 28.3. The third-order valence-corrected chi connectivity index (χ3v) is 15.2. The number of ether oxygens (including phenoxy) is 1. The van der Waals surface area contributed by atoms with E-state index in [4.69, 9.17) is 9.72 Å². The molecule has 0 unspecified atom stereocenters. The molecular formula is C72H66N4O. The number of hydrogen-bond donors (Lipinski definition) is 0. The summed E-state index contributed by atoms with van der Waals surface area (Å²) in [5.41, 5.74) is 17.6. The quantitative estimate of drug-likeness (QED) is 0.144. The Morgan fingerprint density at radius 2 is 1.01 bits per heavy atom. The van der Waals surface area contributed by atoms with Crippen LogP contribution in [0.25, 0.3) is 72.1 Å². The lowest BCUT2D eigenvalue weighted by atomic mass is 9.82. The maximum atomic E-state index is 9.52. The topological polar surface area (TPSA) is 33.5 Å². The molecule has 0 saturated carbocycles. The highest BCUT2D eigenvalue weighted by molar-refractivity contribution is 6.11. The van der Waals surface area contributed by atoms with Crippen molar-refractivity contribution in [1.29, 1.82) is 0 Å². The van der Waals surface area contributed by atoms with Gasteiger partial charge in [-0.2, -0.15) is 0 Å². The molecule has 0 bridgehead atoms. The SMILES string of the molecule is [2H]c1c(Oc2ccc3c4cc(-c5ccc(C(C)(C)C)cc5)ccc4n(-c4cc(C(C)(C)C)c(-c5ccccc5)cn4)c3c2)cc(N2CN(c3c(-c4ccccc4)cccc3-c3ccc(C(C)(C)C)cc3)c3ccccc32)c([2H])c1[2H]. The fraction of sp³-hybridized carbons (Fsp3) is 0.181. The minimum Gasteiger partial charge on any atom is -0.457 e. The van der Waals surface area contributed by atoms with E-state index in [-0.39, 0.29) is 40.1 Å². The Bertz CT molecular complexity index is 4150. The molecule has 0 spiro atoms. The molecule has 0 fully saturated rings. The van der Waals surface area contributed by atoms with E-state index in [2.05, 4.69) is 240 Å². The van der Waals surface area contributed by atoms with Crippen LogP contribution in [0.5, 0.6) is 11.5 Å². The second-order valence-electron chi connectivity index (χ2n) is 23.5. The predicted octanol–water partition coefficient (Wildman–Crippen LogP) is 19.8. The summed E-state index contributed by atoms with van der Waals surface area (Å²) in [6.45, 7) is 20.5. The Morgan fingerprint density at radius 3 is 1.64 bits per heavy atom. The first-order chi connectivity index (χ1) is 38.3. The molecule has 5 heteroatoms. The highest BCUT2D eigenvalue weighted by atomic mass is 16.5. The number of para-hydroxylation sites is 3. The minimum absolute atomic E-state index is 0.00467. The number of nitrogens with zero attached hydrogens (tertiary/aromatic N) is 4. The van der Waals surface area contributed by atoms with Crippen molar-refractivity contribution >= 4 is 44.6 Å². The molecule has 1 aliphatic rings. The zero-order valence-corrected chi connectivity index (χ0v) is 45.5. The van der Waals surface area contributed by atoms with Gasteiger partial charge in [-0.3, -0.25) is 4.57 Å². The Balaban J connectivity index is 0.975. The van der Waals surface area contributed by atoms with Gasteiger partial charge in [0.25, 0.3) is 0 Å². The van der Waals surface area contributed by atoms with Crippen molar-refractivity contribution in [1.82, 2.24) is 9.55 Å². The lowest BCUT2D eigenvalue weighted by molar-refractivity contribution is 0.483. The second-order valence-corrected chi connectivity index (χ2v) is 23.5. The minimum atomic E-state index is -0.214. The molecule has 0 radical (unpaired) electrons. The number of anilines is 4. The van der Waals surface area contributed by atoms with Crippen molar-refractivity contribution in [2.24, 2.45) is 0 Å². The van der Waals surface area contributed by atoms with Gasteiger partial charge in [0.2, 0.25) is 0 Å². The van der Waals surface area contributed by atoms with Crippen LogP contribution in [-0.4, -0.2) is 16.2 Å². The number of rotatable bonds is 9. The molecule has 0 saturated heterocycles. The summed E-state index contributed by atoms with van der Waals surface area (Å²) in [4.78, 5) is 9.64. The van der Waals surface area contributed by atoms with Crippen LogP contribution >= 0.6 is 0 Å². The van der Waals surface area contributed by atoms with Crippen LogP contribution < -0.4 is 14.5 Å². The molecule has 77 heavy (non-hydrogen) atoms. The lowest BCUT2D eigenvalue weighted by Gasteiger charge is -2.27. The summed E-state index contributed by atoms with van der Waals surface area (Å²) >= 11 is 0. The van der Waals surface area contributed by atoms with Gasteiger partial charge in [-0.05, 0) is 115 Å². The van der Waals surface area contributed by atoms with Gasteiger partial charge in [0, 0.05) is 51.5 Å². The molecule has 2 aromatic heterocycles. The molecule has 0 amide bonds. The number of pyridine rings is 1. The summed E-state index contributed by atoms with van der Waals surface area (Å²) in [5, 5.41) is 2.09. The first-order valence-corrected chi connectivity index (χ1v) is 26.8. The van der Waals surface area contributed by atoms with E-state index < -0.39 is 0 Å². The summed E-state index contributed by atoms with van der Waals surface area (Å²) in [7, 11) is 0. The fourth-order valence-electron chi connectivity index (χ4n) is 11.0. The largest absolute Gasteiger partial charge is 0.457 e. The van der Waals surface area contributed by atoms with E-state index >= 15 is 0 Å². The van der Waals surface area contributed by atoms with Crippen molar-refractivity contribution < 1.29 is 8.85 Å². The van der Waals surface area contributed by atoms with E-state index in [1.807, 2.05) is 36.5 Å². The maximum Gasteiger partial charge on any atom is 0.137 e. The molecule has 9 aromatic carbocycles. The van der Waals surface area contributed by atoms with Gasteiger partial charge >= 0.3 is 0 Å². The van der Waals surface area contributed by atoms with Gasteiger partial charge in [-0.1, -0.05) is 214 Å². The average molecular weight is 1010 g/mol. The number of aromatic nitrogens is 2. The van der Waals surface area contributed by atoms with E-state index in [1.54, 1.807) is 6.07 Å². The molecule has 12 rings (SSSR count). The molecule has 0 atom stereocenters. The van der Waals surface area contributed by atoms with Gasteiger partial charge in [0.1, 0.15) is 24.0 Å². The zero-order valence-electron chi connectivity index (χ0n) is 48.5. The van der Waals surface area contributed by atoms with Crippen molar-refractivity contribution in [3.05, 3.63) is 241 Å².